The van der Waals surface area contributed by atoms with Crippen LogP contribution in [-0.4, -0.2) is 29.0 Å². The molecule has 7 nitrogen and oxygen atoms in total. The Morgan fingerprint density at radius 1 is 1.34 bits per heavy atom. The third kappa shape index (κ3) is 3.01. The van der Waals surface area contributed by atoms with Gasteiger partial charge in [0.15, 0.2) is 0 Å². The summed E-state index contributed by atoms with van der Waals surface area (Å²) in [4.78, 5) is 28.1. The van der Waals surface area contributed by atoms with E-state index >= 15 is 0 Å². The van der Waals surface area contributed by atoms with Crippen LogP contribution in [0.1, 0.15) is 22.8 Å². The van der Waals surface area contributed by atoms with E-state index in [0.29, 0.717) is 21.9 Å². The van der Waals surface area contributed by atoms with Gasteiger partial charge in [-0.3, -0.25) is 15.2 Å². The molecule has 1 aromatic heterocycles. The number of hydrogen-bond donors (Lipinski definition) is 2. The van der Waals surface area contributed by atoms with E-state index in [1.165, 1.54) is 18.9 Å². The minimum atomic E-state index is -1.15. The maximum atomic E-state index is 12.9. The summed E-state index contributed by atoms with van der Waals surface area (Å²) >= 11 is 1.29. The van der Waals surface area contributed by atoms with Crippen molar-refractivity contribution >= 4 is 46.0 Å². The summed E-state index contributed by atoms with van der Waals surface area (Å²) in [6, 6.07) is 8.76. The molecule has 0 saturated heterocycles. The summed E-state index contributed by atoms with van der Waals surface area (Å²) in [7, 11) is 1.32. The molecular weight excluding hydrogens is 388 g/mol. The number of thioether (sulfide) groups is 1. The van der Waals surface area contributed by atoms with Crippen LogP contribution in [0.25, 0.3) is 11.6 Å². The van der Waals surface area contributed by atoms with Crippen LogP contribution in [0.5, 0.6) is 0 Å². The second-order valence-electron chi connectivity index (χ2n) is 6.49. The van der Waals surface area contributed by atoms with E-state index in [4.69, 9.17) is 4.74 Å². The molecule has 1 amide bonds. The average Bonchev–Trinajstić information content (AvgIpc) is 3.30. The fourth-order valence-electron chi connectivity index (χ4n) is 3.31. The molecule has 8 heteroatoms. The zero-order valence-electron chi connectivity index (χ0n) is 15.9. The first-order valence-corrected chi connectivity index (χ1v) is 9.65. The van der Waals surface area contributed by atoms with Crippen molar-refractivity contribution in [1.29, 1.82) is 0 Å². The van der Waals surface area contributed by atoms with Gasteiger partial charge in [-0.2, -0.15) is 5.10 Å². The van der Waals surface area contributed by atoms with Crippen molar-refractivity contribution < 1.29 is 14.3 Å². The van der Waals surface area contributed by atoms with Gasteiger partial charge in [-0.1, -0.05) is 36.6 Å². The molecule has 2 N–H and O–H groups in total. The first kappa shape index (κ1) is 18.9. The highest BCUT2D eigenvalue weighted by atomic mass is 32.2. The van der Waals surface area contributed by atoms with Gasteiger partial charge in [0.25, 0.3) is 5.91 Å². The number of anilines is 1. The summed E-state index contributed by atoms with van der Waals surface area (Å²) in [5.41, 5.74) is 5.46. The van der Waals surface area contributed by atoms with Crippen molar-refractivity contribution in [3.8, 4) is 0 Å². The van der Waals surface area contributed by atoms with Crippen LogP contribution in [0.3, 0.4) is 0 Å². The summed E-state index contributed by atoms with van der Waals surface area (Å²) in [6.45, 7) is 5.66. The SMILES string of the molecule is C=C/C=c1/cccn/c1=C(/C)C1=NNC2(S1)C(=O)Nc1ccc(C(=O)OC)cc12. The first-order valence-electron chi connectivity index (χ1n) is 8.83. The Bertz CT molecular complexity index is 1200. The highest BCUT2D eigenvalue weighted by molar-refractivity contribution is 8.16. The van der Waals surface area contributed by atoms with Gasteiger partial charge in [-0.05, 0) is 31.2 Å². The van der Waals surface area contributed by atoms with Gasteiger partial charge >= 0.3 is 5.97 Å². The quantitative estimate of drug-likeness (QED) is 0.750. The lowest BCUT2D eigenvalue weighted by Crippen LogP contribution is -2.40. The van der Waals surface area contributed by atoms with Gasteiger partial charge < -0.3 is 10.1 Å². The molecule has 3 heterocycles. The number of nitrogens with one attached hydrogen (secondary N) is 2. The molecule has 1 unspecified atom stereocenters. The second kappa shape index (κ2) is 7.21. The van der Waals surface area contributed by atoms with Crippen molar-refractivity contribution in [2.45, 2.75) is 11.8 Å². The number of benzene rings is 1. The maximum Gasteiger partial charge on any atom is 0.337 e. The highest BCUT2D eigenvalue weighted by Gasteiger charge is 2.52. The number of aromatic nitrogens is 1. The third-order valence-electron chi connectivity index (χ3n) is 4.76. The number of nitrogens with zero attached hydrogens (tertiary/aromatic N) is 2. The normalized spacial score (nSPS) is 21.2. The molecule has 4 rings (SSSR count). The van der Waals surface area contributed by atoms with Gasteiger partial charge in [0.05, 0.1) is 18.0 Å². The Morgan fingerprint density at radius 3 is 2.93 bits per heavy atom. The monoisotopic (exact) mass is 406 g/mol. The number of rotatable bonds is 3. The standard InChI is InChI=1S/C21H18N4O3S/c1-4-6-13-7-5-10-22-17(13)12(2)18-24-25-21(29-18)15-11-14(19(26)28-3)8-9-16(15)23-20(21)27/h4-11,25H,1H2,2-3H3,(H,23,27)/b13-6-,17-12-. The number of pyridine rings is 1. The Kier molecular flexibility index (Phi) is 4.71. The number of carbonyl (C=O) groups is 2. The van der Waals surface area contributed by atoms with Crippen molar-refractivity contribution in [2.75, 3.05) is 12.4 Å². The van der Waals surface area contributed by atoms with Gasteiger partial charge in [-0.15, -0.1) is 0 Å². The number of hydrazone groups is 1. The minimum absolute atomic E-state index is 0.245. The zero-order valence-corrected chi connectivity index (χ0v) is 16.7. The highest BCUT2D eigenvalue weighted by Crippen LogP contribution is 2.48. The molecule has 29 heavy (non-hydrogen) atoms. The summed E-state index contributed by atoms with van der Waals surface area (Å²) in [6.07, 6.45) is 5.28. The predicted molar refractivity (Wildman–Crippen MR) is 113 cm³/mol. The molecule has 146 valence electrons. The van der Waals surface area contributed by atoms with Crippen molar-refractivity contribution in [1.82, 2.24) is 10.4 Å². The van der Waals surface area contributed by atoms with E-state index in [-0.39, 0.29) is 5.91 Å². The van der Waals surface area contributed by atoms with Crippen molar-refractivity contribution in [3.05, 3.63) is 70.9 Å². The van der Waals surface area contributed by atoms with Crippen LogP contribution in [-0.2, 0) is 14.4 Å². The molecule has 2 aliphatic heterocycles. The number of hydrogen-bond acceptors (Lipinski definition) is 7. The summed E-state index contributed by atoms with van der Waals surface area (Å²) < 4.78 is 4.80. The lowest BCUT2D eigenvalue weighted by Gasteiger charge is -2.20. The second-order valence-corrected chi connectivity index (χ2v) is 7.69. The Morgan fingerprint density at radius 2 is 2.17 bits per heavy atom. The molecule has 2 aromatic rings. The van der Waals surface area contributed by atoms with Gasteiger partial charge in [0.1, 0.15) is 5.04 Å². The molecule has 0 fully saturated rings. The van der Waals surface area contributed by atoms with Gasteiger partial charge in [0, 0.05) is 28.2 Å². The van der Waals surface area contributed by atoms with E-state index < -0.39 is 10.8 Å². The molecule has 1 spiro atoms. The molecule has 0 bridgehead atoms. The Balaban J connectivity index is 1.78. The van der Waals surface area contributed by atoms with E-state index in [9.17, 15) is 9.59 Å². The van der Waals surface area contributed by atoms with Crippen molar-refractivity contribution in [3.63, 3.8) is 0 Å². The molecule has 2 aliphatic rings. The van der Waals surface area contributed by atoms with E-state index in [0.717, 1.165) is 16.1 Å². The number of carbonyl (C=O) groups excluding carboxylic acids is 2. The zero-order chi connectivity index (χ0) is 20.6. The van der Waals surface area contributed by atoms with Crippen molar-refractivity contribution in [2.24, 2.45) is 5.10 Å². The fourth-order valence-corrected chi connectivity index (χ4v) is 4.45. The van der Waals surface area contributed by atoms with Crippen LogP contribution >= 0.6 is 11.8 Å². The maximum absolute atomic E-state index is 12.9. The number of esters is 1. The van der Waals surface area contributed by atoms with Crippen LogP contribution < -0.4 is 21.3 Å². The molecule has 1 aromatic carbocycles. The Labute approximate surface area is 171 Å². The Hall–Kier alpha value is -3.39. The van der Waals surface area contributed by atoms with Gasteiger partial charge in [-0.25, -0.2) is 4.79 Å². The molecule has 1 atom stereocenters. The third-order valence-corrected chi connectivity index (χ3v) is 6.16. The van der Waals surface area contributed by atoms with Crippen LogP contribution in [0.4, 0.5) is 5.69 Å². The fraction of sp³-hybridized carbons (Fsp3) is 0.143. The van der Waals surface area contributed by atoms with Gasteiger partial charge in [0.2, 0.25) is 4.87 Å². The molecule has 0 aliphatic carbocycles. The topological polar surface area (TPSA) is 92.7 Å². The summed E-state index contributed by atoms with van der Waals surface area (Å²) in [5.74, 6) is -0.711. The number of methoxy groups -OCH3 is 1. The summed E-state index contributed by atoms with van der Waals surface area (Å²) in [5, 5.41) is 9.60. The van der Waals surface area contributed by atoms with Crippen LogP contribution in [0, 0.1) is 0 Å². The predicted octanol–water partition coefficient (Wildman–Crippen LogP) is 1.46. The van der Waals surface area contributed by atoms with E-state index in [1.807, 2.05) is 25.1 Å². The lowest BCUT2D eigenvalue weighted by molar-refractivity contribution is -0.118. The molecule has 0 radical (unpaired) electrons. The number of allylic oxidation sites excluding steroid dienone is 1. The first-order chi connectivity index (χ1) is 14.0. The van der Waals surface area contributed by atoms with Crippen LogP contribution in [0.15, 0.2) is 54.3 Å². The van der Waals surface area contributed by atoms with E-state index in [2.05, 4.69) is 27.4 Å². The number of fused-ring (bicyclic) bond motifs is 2. The number of ether oxygens (including phenoxy) is 1. The minimum Gasteiger partial charge on any atom is -0.465 e. The smallest absolute Gasteiger partial charge is 0.337 e. The average molecular weight is 406 g/mol. The molecule has 0 saturated carbocycles. The van der Waals surface area contributed by atoms with E-state index in [1.54, 1.807) is 30.5 Å². The molecular formula is C21H18N4O3S. The largest absolute Gasteiger partial charge is 0.465 e. The number of amides is 1. The van der Waals surface area contributed by atoms with Crippen LogP contribution in [0.2, 0.25) is 0 Å². The lowest BCUT2D eigenvalue weighted by atomic mass is 10.0.